The van der Waals surface area contributed by atoms with Gasteiger partial charge in [-0.3, -0.25) is 9.59 Å². The Morgan fingerprint density at radius 2 is 1.53 bits per heavy atom. The number of hydrogen-bond donors (Lipinski definition) is 1. The summed E-state index contributed by atoms with van der Waals surface area (Å²) in [5, 5.41) is 3.71. The van der Waals surface area contributed by atoms with Crippen LogP contribution in [0, 0.1) is 0 Å². The number of rotatable bonds is 14. The van der Waals surface area contributed by atoms with Gasteiger partial charge < -0.3 is 10.2 Å². The molecule has 3 rings (SSSR count). The molecular weight excluding hydrogens is 488 g/mol. The van der Waals surface area contributed by atoms with Gasteiger partial charge in [0, 0.05) is 42.5 Å². The second kappa shape index (κ2) is 15.4. The van der Waals surface area contributed by atoms with Crippen LogP contribution in [0.25, 0.3) is 0 Å². The van der Waals surface area contributed by atoms with Crippen molar-refractivity contribution < 1.29 is 9.59 Å². The minimum Gasteiger partial charge on any atom is -0.354 e. The van der Waals surface area contributed by atoms with Crippen molar-refractivity contribution in [3.8, 4) is 0 Å². The minimum atomic E-state index is -0.591. The predicted octanol–water partition coefficient (Wildman–Crippen LogP) is 6.52. The minimum absolute atomic E-state index is 0.0166. The fourth-order valence-electron chi connectivity index (χ4n) is 3.91. The molecule has 0 fully saturated rings. The fourth-order valence-corrected chi connectivity index (χ4v) is 4.93. The number of nitrogens with zero attached hydrogens (tertiary/aromatic N) is 1. The van der Waals surface area contributed by atoms with Crippen LogP contribution in [0.5, 0.6) is 0 Å². The van der Waals surface area contributed by atoms with E-state index in [9.17, 15) is 9.59 Å². The molecule has 0 bridgehead atoms. The lowest BCUT2D eigenvalue weighted by atomic mass is 10.0. The van der Waals surface area contributed by atoms with E-state index in [1.165, 1.54) is 5.56 Å². The molecule has 0 aliphatic carbocycles. The van der Waals surface area contributed by atoms with Gasteiger partial charge in [-0.2, -0.15) is 11.8 Å². The predicted molar refractivity (Wildman–Crippen MR) is 151 cm³/mol. The Morgan fingerprint density at radius 1 is 0.889 bits per heavy atom. The number of nitrogens with one attached hydrogen (secondary N) is 1. The number of carbonyl (C=O) groups excluding carboxylic acids is 2. The van der Waals surface area contributed by atoms with Gasteiger partial charge in [-0.25, -0.2) is 0 Å². The summed E-state index contributed by atoms with van der Waals surface area (Å²) in [4.78, 5) is 28.7. The van der Waals surface area contributed by atoms with Crippen molar-refractivity contribution in [1.29, 1.82) is 0 Å². The molecule has 0 saturated carbocycles. The molecule has 3 aromatic carbocycles. The number of halogens is 1. The Labute approximate surface area is 224 Å². The maximum atomic E-state index is 13.6. The van der Waals surface area contributed by atoms with E-state index in [1.807, 2.05) is 72.8 Å². The van der Waals surface area contributed by atoms with Gasteiger partial charge >= 0.3 is 0 Å². The summed E-state index contributed by atoms with van der Waals surface area (Å²) in [6.45, 7) is 3.06. The van der Waals surface area contributed by atoms with Gasteiger partial charge in [0.1, 0.15) is 6.04 Å². The first-order chi connectivity index (χ1) is 17.6. The lowest BCUT2D eigenvalue weighted by molar-refractivity contribution is -0.141. The van der Waals surface area contributed by atoms with Crippen molar-refractivity contribution in [2.24, 2.45) is 0 Å². The van der Waals surface area contributed by atoms with E-state index in [1.54, 1.807) is 16.7 Å². The Balaban J connectivity index is 1.77. The average molecular weight is 523 g/mol. The molecule has 3 aromatic rings. The smallest absolute Gasteiger partial charge is 0.243 e. The van der Waals surface area contributed by atoms with E-state index in [2.05, 4.69) is 24.4 Å². The molecule has 36 heavy (non-hydrogen) atoms. The number of unbranched alkanes of at least 4 members (excludes halogenated alkanes) is 1. The Morgan fingerprint density at radius 3 is 2.17 bits per heavy atom. The second-order valence-electron chi connectivity index (χ2n) is 8.79. The molecule has 0 radical (unpaired) electrons. The highest BCUT2D eigenvalue weighted by molar-refractivity contribution is 7.98. The third kappa shape index (κ3) is 9.36. The van der Waals surface area contributed by atoms with E-state index in [-0.39, 0.29) is 11.8 Å². The van der Waals surface area contributed by atoms with Crippen molar-refractivity contribution in [1.82, 2.24) is 10.2 Å². The zero-order valence-electron chi connectivity index (χ0n) is 20.9. The summed E-state index contributed by atoms with van der Waals surface area (Å²) in [6, 6.07) is 27.0. The van der Waals surface area contributed by atoms with Crippen molar-refractivity contribution >= 4 is 35.2 Å². The number of hydrogen-bond acceptors (Lipinski definition) is 3. The van der Waals surface area contributed by atoms with Crippen LogP contribution < -0.4 is 5.32 Å². The maximum Gasteiger partial charge on any atom is 0.243 e. The van der Waals surface area contributed by atoms with E-state index in [0.29, 0.717) is 36.7 Å². The fraction of sp³-hybridized carbons (Fsp3) is 0.333. The van der Waals surface area contributed by atoms with Gasteiger partial charge in [0.15, 0.2) is 0 Å². The summed E-state index contributed by atoms with van der Waals surface area (Å²) < 4.78 is 0. The highest BCUT2D eigenvalue weighted by Gasteiger charge is 2.30. The molecule has 0 aliphatic rings. The molecule has 0 spiro atoms. The van der Waals surface area contributed by atoms with Gasteiger partial charge in [0.25, 0.3) is 0 Å². The van der Waals surface area contributed by atoms with Crippen LogP contribution in [0.15, 0.2) is 84.9 Å². The van der Waals surface area contributed by atoms with Gasteiger partial charge in [0.05, 0.1) is 0 Å². The van der Waals surface area contributed by atoms with Crippen LogP contribution in [-0.4, -0.2) is 35.1 Å². The molecule has 0 heterocycles. The van der Waals surface area contributed by atoms with E-state index < -0.39 is 6.04 Å². The molecule has 6 heteroatoms. The summed E-state index contributed by atoms with van der Waals surface area (Å²) in [6.07, 6.45) is 2.74. The first kappa shape index (κ1) is 27.8. The third-order valence-electron chi connectivity index (χ3n) is 5.94. The molecule has 0 unspecified atom stereocenters. The number of amides is 2. The molecule has 2 amide bonds. The van der Waals surface area contributed by atoms with Crippen LogP contribution in [0.1, 0.15) is 42.9 Å². The van der Waals surface area contributed by atoms with Gasteiger partial charge in [-0.15, -0.1) is 0 Å². The quantitative estimate of drug-likeness (QED) is 0.245. The SMILES string of the molecule is CCCCNC(=O)[C@@H](Cc1ccccc1)N(Cc1ccc(Cl)cc1)C(=O)CCSCc1ccccc1. The molecule has 1 atom stereocenters. The van der Waals surface area contributed by atoms with E-state index in [0.717, 1.165) is 29.7 Å². The van der Waals surface area contributed by atoms with Crippen LogP contribution >= 0.6 is 23.4 Å². The normalized spacial score (nSPS) is 11.6. The van der Waals surface area contributed by atoms with Gasteiger partial charge in [-0.05, 0) is 35.2 Å². The first-order valence-corrected chi connectivity index (χ1v) is 14.1. The number of carbonyl (C=O) groups is 2. The topological polar surface area (TPSA) is 49.4 Å². The van der Waals surface area contributed by atoms with Crippen molar-refractivity contribution in [3.05, 3.63) is 107 Å². The molecule has 190 valence electrons. The largest absolute Gasteiger partial charge is 0.354 e. The molecule has 0 aromatic heterocycles. The van der Waals surface area contributed by atoms with Gasteiger partial charge in [0.2, 0.25) is 11.8 Å². The van der Waals surface area contributed by atoms with Crippen LogP contribution in [0.2, 0.25) is 5.02 Å². The highest BCUT2D eigenvalue weighted by atomic mass is 35.5. The van der Waals surface area contributed by atoms with Crippen molar-refractivity contribution in [2.75, 3.05) is 12.3 Å². The molecule has 1 N–H and O–H groups in total. The highest BCUT2D eigenvalue weighted by Crippen LogP contribution is 2.19. The molecule has 4 nitrogen and oxygen atoms in total. The first-order valence-electron chi connectivity index (χ1n) is 12.5. The summed E-state index contributed by atoms with van der Waals surface area (Å²) in [5.41, 5.74) is 3.22. The average Bonchev–Trinajstić information content (AvgIpc) is 2.91. The Hall–Kier alpha value is -2.76. The zero-order chi connectivity index (χ0) is 25.6. The second-order valence-corrected chi connectivity index (χ2v) is 10.3. The third-order valence-corrected chi connectivity index (χ3v) is 7.22. The van der Waals surface area contributed by atoms with Crippen molar-refractivity contribution in [3.63, 3.8) is 0 Å². The zero-order valence-corrected chi connectivity index (χ0v) is 22.4. The van der Waals surface area contributed by atoms with Gasteiger partial charge in [-0.1, -0.05) is 97.7 Å². The molecular formula is C30H35ClN2O2S. The van der Waals surface area contributed by atoms with Crippen LogP contribution in [0.4, 0.5) is 0 Å². The monoisotopic (exact) mass is 522 g/mol. The maximum absolute atomic E-state index is 13.6. The lowest BCUT2D eigenvalue weighted by Gasteiger charge is -2.31. The number of thioether (sulfide) groups is 1. The lowest BCUT2D eigenvalue weighted by Crippen LogP contribution is -2.50. The summed E-state index contributed by atoms with van der Waals surface area (Å²) in [7, 11) is 0. The Bertz CT molecular complexity index is 1060. The number of benzene rings is 3. The molecule has 0 aliphatic heterocycles. The summed E-state index contributed by atoms with van der Waals surface area (Å²) >= 11 is 7.83. The Kier molecular flexibility index (Phi) is 11.9. The van der Waals surface area contributed by atoms with Crippen molar-refractivity contribution in [2.45, 2.75) is 50.9 Å². The molecule has 0 saturated heterocycles. The van der Waals surface area contributed by atoms with Crippen LogP contribution in [-0.2, 0) is 28.3 Å². The summed E-state index contributed by atoms with van der Waals surface area (Å²) in [5.74, 6) is 1.43. The van der Waals surface area contributed by atoms with E-state index >= 15 is 0 Å². The standard InChI is InChI=1S/C30H35ClN2O2S/c1-2-3-19-32-30(35)28(21-24-10-6-4-7-11-24)33(22-25-14-16-27(31)17-15-25)29(34)18-20-36-23-26-12-8-5-9-13-26/h4-17,28H,2-3,18-23H2,1H3,(H,32,35)/t28-/m1/s1. The van der Waals surface area contributed by atoms with Crippen LogP contribution in [0.3, 0.4) is 0 Å². The van der Waals surface area contributed by atoms with E-state index in [4.69, 9.17) is 11.6 Å².